The Hall–Kier alpha value is -3.82. The van der Waals surface area contributed by atoms with Crippen LogP contribution in [-0.4, -0.2) is 63.5 Å². The number of ether oxygens (including phenoxy) is 1. The maximum absolute atomic E-state index is 14.9. The number of hydrogen-bond donors (Lipinski definition) is 1. The van der Waals surface area contributed by atoms with E-state index in [1.807, 2.05) is 6.07 Å². The molecule has 5 rings (SSSR count). The zero-order valence-corrected chi connectivity index (χ0v) is 23.1. The Labute approximate surface area is 231 Å². The van der Waals surface area contributed by atoms with E-state index >= 15 is 0 Å². The molecule has 0 bridgehead atoms. The van der Waals surface area contributed by atoms with Gasteiger partial charge in [0.1, 0.15) is 17.3 Å². The van der Waals surface area contributed by atoms with Crippen molar-refractivity contribution in [1.29, 1.82) is 0 Å². The van der Waals surface area contributed by atoms with Gasteiger partial charge < -0.3 is 19.3 Å². The van der Waals surface area contributed by atoms with Gasteiger partial charge in [0.25, 0.3) is 0 Å². The van der Waals surface area contributed by atoms with Crippen LogP contribution in [0.15, 0.2) is 59.8 Å². The van der Waals surface area contributed by atoms with Gasteiger partial charge in [-0.2, -0.15) is 0 Å². The second kappa shape index (κ2) is 10.7. The maximum atomic E-state index is 14.9. The van der Waals surface area contributed by atoms with Crippen LogP contribution in [0.5, 0.6) is 11.6 Å². The number of aromatic hydroxyl groups is 1. The van der Waals surface area contributed by atoms with E-state index in [1.165, 1.54) is 21.3 Å². The molecule has 1 saturated heterocycles. The normalized spacial score (nSPS) is 14.3. The highest BCUT2D eigenvalue weighted by Gasteiger charge is 2.23. The van der Waals surface area contributed by atoms with Crippen molar-refractivity contribution in [2.45, 2.75) is 19.9 Å². The van der Waals surface area contributed by atoms with Crippen LogP contribution in [0, 0.1) is 5.82 Å². The predicted octanol–water partition coefficient (Wildman–Crippen LogP) is 4.94. The summed E-state index contributed by atoms with van der Waals surface area (Å²) in [6, 6.07) is 9.90. The Morgan fingerprint density at radius 1 is 1.00 bits per heavy atom. The van der Waals surface area contributed by atoms with Gasteiger partial charge in [0.05, 0.1) is 17.8 Å². The van der Waals surface area contributed by atoms with E-state index < -0.39 is 5.82 Å². The third-order valence-corrected chi connectivity index (χ3v) is 7.56. The Bertz CT molecular complexity index is 1570. The topological polar surface area (TPSA) is 75.8 Å². The van der Waals surface area contributed by atoms with Gasteiger partial charge in [0.15, 0.2) is 0 Å². The van der Waals surface area contributed by atoms with Gasteiger partial charge in [-0.25, -0.2) is 14.2 Å². The van der Waals surface area contributed by atoms with Crippen LogP contribution in [0.25, 0.3) is 27.9 Å². The summed E-state index contributed by atoms with van der Waals surface area (Å²) < 4.78 is 23.3. The second-order valence-corrected chi connectivity index (χ2v) is 10.4. The average molecular weight is 552 g/mol. The number of imidazole rings is 1. The molecule has 4 aromatic rings. The predicted molar refractivity (Wildman–Crippen MR) is 152 cm³/mol. The quantitative estimate of drug-likeness (QED) is 0.366. The first-order chi connectivity index (χ1) is 18.7. The highest BCUT2D eigenvalue weighted by atomic mass is 35.5. The van der Waals surface area contributed by atoms with Crippen molar-refractivity contribution in [3.63, 3.8) is 0 Å². The SMILES string of the molecule is COc1ncc(-c2cc(F)cc(-c3ccc(-n4ccn(C)c4=O)c(Cl)c3)c2O)cc1N1CCN(C(C)C)CC1. The molecule has 39 heavy (non-hydrogen) atoms. The summed E-state index contributed by atoms with van der Waals surface area (Å²) in [6.45, 7) is 7.79. The van der Waals surface area contributed by atoms with Crippen LogP contribution in [0.1, 0.15) is 13.8 Å². The van der Waals surface area contributed by atoms with E-state index in [9.17, 15) is 14.3 Å². The van der Waals surface area contributed by atoms with Crippen molar-refractivity contribution in [3.05, 3.63) is 76.3 Å². The molecule has 0 unspecified atom stereocenters. The Kier molecular flexibility index (Phi) is 7.38. The van der Waals surface area contributed by atoms with Gasteiger partial charge >= 0.3 is 5.69 Å². The first kappa shape index (κ1) is 26.8. The fourth-order valence-corrected chi connectivity index (χ4v) is 5.28. The fourth-order valence-electron chi connectivity index (χ4n) is 5.01. The molecule has 0 radical (unpaired) electrons. The zero-order chi connectivity index (χ0) is 27.8. The van der Waals surface area contributed by atoms with Crippen LogP contribution in [0.4, 0.5) is 10.1 Å². The van der Waals surface area contributed by atoms with Gasteiger partial charge in [-0.15, -0.1) is 0 Å². The van der Waals surface area contributed by atoms with Gasteiger partial charge in [0.2, 0.25) is 5.88 Å². The monoisotopic (exact) mass is 551 g/mol. The number of halogens is 2. The average Bonchev–Trinajstić information content (AvgIpc) is 3.26. The molecule has 204 valence electrons. The van der Waals surface area contributed by atoms with Crippen molar-refractivity contribution < 1.29 is 14.2 Å². The lowest BCUT2D eigenvalue weighted by Gasteiger charge is -2.38. The number of rotatable bonds is 6. The molecule has 2 aromatic heterocycles. The summed E-state index contributed by atoms with van der Waals surface area (Å²) in [5.41, 5.74) is 2.71. The van der Waals surface area contributed by atoms with Crippen LogP contribution in [0.2, 0.25) is 5.02 Å². The Morgan fingerprint density at radius 2 is 1.69 bits per heavy atom. The minimum Gasteiger partial charge on any atom is -0.507 e. The Morgan fingerprint density at radius 3 is 2.28 bits per heavy atom. The van der Waals surface area contributed by atoms with E-state index in [0.717, 1.165) is 31.9 Å². The molecular formula is C29H31ClFN5O3. The molecular weight excluding hydrogens is 521 g/mol. The minimum absolute atomic E-state index is 0.0976. The van der Waals surface area contributed by atoms with Gasteiger partial charge in [-0.1, -0.05) is 17.7 Å². The molecule has 0 aliphatic carbocycles. The lowest BCUT2D eigenvalue weighted by atomic mass is 9.97. The van der Waals surface area contributed by atoms with Crippen molar-refractivity contribution in [3.8, 4) is 39.6 Å². The number of phenolic OH excluding ortho intramolecular Hbond substituents is 1. The first-order valence-corrected chi connectivity index (χ1v) is 13.2. The van der Waals surface area contributed by atoms with Gasteiger partial charge in [-0.05, 0) is 49.7 Å². The highest BCUT2D eigenvalue weighted by molar-refractivity contribution is 6.32. The minimum atomic E-state index is -0.514. The summed E-state index contributed by atoms with van der Waals surface area (Å²) >= 11 is 6.54. The Balaban J connectivity index is 1.52. The van der Waals surface area contributed by atoms with Gasteiger partial charge in [-0.3, -0.25) is 9.47 Å². The first-order valence-electron chi connectivity index (χ1n) is 12.8. The van der Waals surface area contributed by atoms with Crippen LogP contribution in [-0.2, 0) is 7.05 Å². The molecule has 1 aliphatic heterocycles. The zero-order valence-electron chi connectivity index (χ0n) is 22.4. The van der Waals surface area contributed by atoms with Crippen molar-refractivity contribution >= 4 is 17.3 Å². The van der Waals surface area contributed by atoms with Crippen molar-refractivity contribution in [2.24, 2.45) is 7.05 Å². The molecule has 1 fully saturated rings. The number of anilines is 1. The summed E-state index contributed by atoms with van der Waals surface area (Å²) in [4.78, 5) is 21.5. The standard InChI is InChI=1S/C29H31ClFN5O3/c1-18(2)34-8-10-35(11-9-34)26-14-20(17-32-28(26)39-4)23-16-21(31)15-22(27(23)37)19-5-6-25(24(30)13-19)36-12-7-33(3)29(36)38/h5-7,12-18,37H,8-11H2,1-4H3. The van der Waals surface area contributed by atoms with Crippen LogP contribution < -0.4 is 15.3 Å². The summed E-state index contributed by atoms with van der Waals surface area (Å²) in [7, 11) is 3.23. The summed E-state index contributed by atoms with van der Waals surface area (Å²) in [5.74, 6) is -0.133. The smallest absolute Gasteiger partial charge is 0.332 e. The van der Waals surface area contributed by atoms with Crippen LogP contribution in [0.3, 0.4) is 0 Å². The number of aromatic nitrogens is 3. The van der Waals surface area contributed by atoms with E-state index in [0.29, 0.717) is 39.3 Å². The number of pyridine rings is 1. The lowest BCUT2D eigenvalue weighted by molar-refractivity contribution is 0.209. The number of methoxy groups -OCH3 is 1. The second-order valence-electron chi connectivity index (χ2n) is 9.95. The molecule has 0 amide bonds. The summed E-state index contributed by atoms with van der Waals surface area (Å²) in [6.07, 6.45) is 4.83. The molecule has 8 nitrogen and oxygen atoms in total. The number of phenols is 1. The highest BCUT2D eigenvalue weighted by Crippen LogP contribution is 2.42. The maximum Gasteiger partial charge on any atom is 0.332 e. The third kappa shape index (κ3) is 5.12. The van der Waals surface area contributed by atoms with E-state index in [4.69, 9.17) is 16.3 Å². The van der Waals surface area contributed by atoms with E-state index in [2.05, 4.69) is 28.6 Å². The van der Waals surface area contributed by atoms with E-state index in [1.54, 1.807) is 50.9 Å². The van der Waals surface area contributed by atoms with E-state index in [-0.39, 0.29) is 17.0 Å². The van der Waals surface area contributed by atoms with Crippen LogP contribution >= 0.6 is 11.6 Å². The number of piperazine rings is 1. The molecule has 1 N–H and O–H groups in total. The molecule has 3 heterocycles. The number of benzene rings is 2. The van der Waals surface area contributed by atoms with Crippen molar-refractivity contribution in [1.82, 2.24) is 19.0 Å². The molecule has 0 spiro atoms. The molecule has 0 atom stereocenters. The largest absolute Gasteiger partial charge is 0.507 e. The number of aryl methyl sites for hydroxylation is 1. The third-order valence-electron chi connectivity index (χ3n) is 7.26. The summed E-state index contributed by atoms with van der Waals surface area (Å²) in [5, 5.41) is 11.6. The van der Waals surface area contributed by atoms with Gasteiger partial charge in [0, 0.05) is 74.5 Å². The fraction of sp³-hybridized carbons (Fsp3) is 0.310. The molecule has 0 saturated carbocycles. The number of hydrogen-bond acceptors (Lipinski definition) is 6. The molecule has 2 aromatic carbocycles. The molecule has 1 aliphatic rings. The molecule has 10 heteroatoms. The lowest BCUT2D eigenvalue weighted by Crippen LogP contribution is -2.49. The number of nitrogens with zero attached hydrogens (tertiary/aromatic N) is 5. The van der Waals surface area contributed by atoms with Crippen molar-refractivity contribution in [2.75, 3.05) is 38.2 Å².